The number of aliphatic hydroxyl groups excluding tert-OH is 2. The molecule has 50 heavy (non-hydrogen) atoms. The number of rotatable bonds is 7. The summed E-state index contributed by atoms with van der Waals surface area (Å²) in [6.07, 6.45) is -5.63. The van der Waals surface area contributed by atoms with Crippen LogP contribution in [0, 0.1) is 6.92 Å². The van der Waals surface area contributed by atoms with Crippen LogP contribution in [0.15, 0.2) is 42.5 Å². The minimum absolute atomic E-state index is 0.0161. The molecule has 264 valence electrons. The first-order valence-electron chi connectivity index (χ1n) is 16.0. The Morgan fingerprint density at radius 2 is 1.72 bits per heavy atom. The second kappa shape index (κ2) is 12.8. The van der Waals surface area contributed by atoms with Gasteiger partial charge in [0, 0.05) is 47.2 Å². The van der Waals surface area contributed by atoms with Gasteiger partial charge in [0.25, 0.3) is 0 Å². The van der Waals surface area contributed by atoms with Crippen LogP contribution in [-0.2, 0) is 37.6 Å². The number of aryl methyl sites for hydroxylation is 1. The fourth-order valence-corrected chi connectivity index (χ4v) is 7.34. The summed E-state index contributed by atoms with van der Waals surface area (Å²) in [5.41, 5.74) is 1.85. The van der Waals surface area contributed by atoms with Gasteiger partial charge >= 0.3 is 6.09 Å². The molecule has 14 nitrogen and oxygen atoms in total. The lowest BCUT2D eigenvalue weighted by Gasteiger charge is -2.47. The number of phenolic OH excluding ortho intramolecular Hbond substituents is 2. The van der Waals surface area contributed by atoms with Gasteiger partial charge in [0.2, 0.25) is 0 Å². The molecule has 0 spiro atoms. The van der Waals surface area contributed by atoms with E-state index in [1.807, 2.05) is 0 Å². The van der Waals surface area contributed by atoms with Crippen LogP contribution < -0.4 is 11.1 Å². The van der Waals surface area contributed by atoms with E-state index in [9.17, 15) is 44.7 Å². The van der Waals surface area contributed by atoms with E-state index in [1.54, 1.807) is 43.3 Å². The highest BCUT2D eigenvalue weighted by Crippen LogP contribution is 2.54. The van der Waals surface area contributed by atoms with Crippen molar-refractivity contribution in [3.05, 3.63) is 87.0 Å². The van der Waals surface area contributed by atoms with Crippen molar-refractivity contribution in [2.45, 2.75) is 82.4 Å². The SMILES string of the molecule is Cc1cccc2c1C(=O)c1c(O)c3c(c(O)c1C2=O)C[C@@](O)(C(=O)CO)C[C@]3(C)O[C@H]1C[C@H](NC(=O)OCc2ccc(N)cc2)[C@H](O)[C@H](C)O1. The number of carbonyl (C=O) groups is 4. The highest BCUT2D eigenvalue weighted by Gasteiger charge is 2.55. The van der Waals surface area contributed by atoms with E-state index in [2.05, 4.69) is 5.32 Å². The maximum atomic E-state index is 13.9. The summed E-state index contributed by atoms with van der Waals surface area (Å²) < 4.78 is 17.6. The maximum absolute atomic E-state index is 13.9. The van der Waals surface area contributed by atoms with Crippen LogP contribution in [0.3, 0.4) is 0 Å². The number of carbonyl (C=O) groups excluding carboxylic acids is 4. The van der Waals surface area contributed by atoms with Gasteiger partial charge in [0.05, 0.1) is 23.3 Å². The number of ketones is 3. The quantitative estimate of drug-likeness (QED) is 0.109. The molecule has 1 heterocycles. The molecular weight excluding hydrogens is 652 g/mol. The zero-order chi connectivity index (χ0) is 36.3. The molecule has 1 saturated heterocycles. The summed E-state index contributed by atoms with van der Waals surface area (Å²) in [6, 6.07) is 10.4. The first-order chi connectivity index (χ1) is 23.6. The van der Waals surface area contributed by atoms with E-state index in [1.165, 1.54) is 19.9 Å². The first-order valence-corrected chi connectivity index (χ1v) is 16.0. The fraction of sp³-hybridized carbons (Fsp3) is 0.389. The predicted octanol–water partition coefficient (Wildman–Crippen LogP) is 2.03. The molecule has 0 unspecified atom stereocenters. The molecule has 0 bridgehead atoms. The number of nitrogen functional groups attached to an aromatic ring is 1. The van der Waals surface area contributed by atoms with Crippen molar-refractivity contribution in [2.75, 3.05) is 12.3 Å². The fourth-order valence-electron chi connectivity index (χ4n) is 7.34. The van der Waals surface area contributed by atoms with Gasteiger partial charge in [0.15, 0.2) is 23.6 Å². The number of aromatic hydroxyl groups is 2. The lowest BCUT2D eigenvalue weighted by molar-refractivity contribution is -0.275. The number of benzene rings is 3. The number of alkyl carbamates (subject to hydrolysis) is 1. The summed E-state index contributed by atoms with van der Waals surface area (Å²) in [7, 11) is 0. The van der Waals surface area contributed by atoms with Crippen molar-refractivity contribution < 1.29 is 58.9 Å². The van der Waals surface area contributed by atoms with E-state index >= 15 is 0 Å². The van der Waals surface area contributed by atoms with Crippen molar-refractivity contribution in [3.8, 4) is 11.5 Å². The molecular formula is C36H38N2O12. The lowest BCUT2D eigenvalue weighted by atomic mass is 9.67. The Morgan fingerprint density at radius 3 is 2.40 bits per heavy atom. The second-order valence-corrected chi connectivity index (χ2v) is 13.3. The molecule has 3 aromatic rings. The van der Waals surface area contributed by atoms with Gasteiger partial charge in [-0.25, -0.2) is 4.79 Å². The van der Waals surface area contributed by atoms with Crippen LogP contribution in [0.5, 0.6) is 11.5 Å². The molecule has 0 aromatic heterocycles. The molecule has 3 aliphatic rings. The van der Waals surface area contributed by atoms with Crippen molar-refractivity contribution in [1.82, 2.24) is 5.32 Å². The number of aliphatic hydroxyl groups is 3. The van der Waals surface area contributed by atoms with E-state index in [0.29, 0.717) is 16.8 Å². The van der Waals surface area contributed by atoms with Crippen LogP contribution >= 0.6 is 0 Å². The Kier molecular flexibility index (Phi) is 8.95. The van der Waals surface area contributed by atoms with Crippen molar-refractivity contribution in [1.29, 1.82) is 0 Å². The number of phenols is 2. The van der Waals surface area contributed by atoms with Crippen molar-refractivity contribution in [3.63, 3.8) is 0 Å². The van der Waals surface area contributed by atoms with Gasteiger partial charge < -0.3 is 50.8 Å². The summed E-state index contributed by atoms with van der Waals surface area (Å²) in [5, 5.41) is 58.3. The third-order valence-corrected chi connectivity index (χ3v) is 9.79. The molecule has 1 fully saturated rings. The Balaban J connectivity index is 1.35. The molecule has 0 radical (unpaired) electrons. The minimum Gasteiger partial charge on any atom is -0.507 e. The summed E-state index contributed by atoms with van der Waals surface area (Å²) in [5.74, 6) is -3.89. The molecule has 8 N–H and O–H groups in total. The zero-order valence-electron chi connectivity index (χ0n) is 27.6. The standard InChI is InChI=1S/C36H38N2O12/c1-16-5-4-6-20-25(16)32(44)27-26(30(20)42)31(43)21-12-36(47,23(40)13-39)15-35(3,28(21)33(27)45)50-24-11-22(29(41)17(2)49-24)38-34(46)48-14-18-7-9-19(37)10-8-18/h4-10,17,22,24,29,39,41,43,45,47H,11-15,37H2,1-3H3,(H,38,46)/t17-,22-,24-,29+,35-,36-/m0/s1. The van der Waals surface area contributed by atoms with Gasteiger partial charge in [0.1, 0.15) is 42.0 Å². The number of hydrogen-bond donors (Lipinski definition) is 7. The number of Topliss-reactive ketones (excluding diaryl/α,β-unsaturated/α-hetero) is 1. The second-order valence-electron chi connectivity index (χ2n) is 13.3. The van der Waals surface area contributed by atoms with Crippen molar-refractivity contribution in [2.24, 2.45) is 0 Å². The average Bonchev–Trinajstić information content (AvgIpc) is 3.06. The van der Waals surface area contributed by atoms with Gasteiger partial charge in [-0.3, -0.25) is 14.4 Å². The summed E-state index contributed by atoms with van der Waals surface area (Å²) >= 11 is 0. The Hall–Kier alpha value is -4.86. The number of anilines is 1. The Bertz CT molecular complexity index is 1910. The number of ether oxygens (including phenoxy) is 3. The lowest BCUT2D eigenvalue weighted by Crippen LogP contribution is -2.58. The molecule has 6 atom stereocenters. The number of amides is 1. The molecule has 1 aliphatic heterocycles. The van der Waals surface area contributed by atoms with E-state index in [0.717, 1.165) is 0 Å². The summed E-state index contributed by atoms with van der Waals surface area (Å²) in [4.78, 5) is 53.3. The minimum atomic E-state index is -2.35. The van der Waals surface area contributed by atoms with Gasteiger partial charge in [-0.2, -0.15) is 0 Å². The normalized spacial score (nSPS) is 27.2. The van der Waals surface area contributed by atoms with E-state index < -0.39 is 101 Å². The van der Waals surface area contributed by atoms with E-state index in [4.69, 9.17) is 19.9 Å². The largest absolute Gasteiger partial charge is 0.507 e. The van der Waals surface area contributed by atoms with Gasteiger partial charge in [-0.05, 0) is 44.0 Å². The number of nitrogens with one attached hydrogen (secondary N) is 1. The van der Waals surface area contributed by atoms with Gasteiger partial charge in [-0.15, -0.1) is 0 Å². The number of nitrogens with two attached hydrogens (primary N) is 1. The highest BCUT2D eigenvalue weighted by atomic mass is 16.7. The van der Waals surface area contributed by atoms with Crippen LogP contribution in [0.2, 0.25) is 0 Å². The molecule has 1 amide bonds. The number of hydrogen-bond acceptors (Lipinski definition) is 13. The Labute approximate surface area is 286 Å². The monoisotopic (exact) mass is 690 g/mol. The van der Waals surface area contributed by atoms with Crippen LogP contribution in [-0.4, -0.2) is 85.7 Å². The Morgan fingerprint density at radius 1 is 1.04 bits per heavy atom. The first kappa shape index (κ1) is 35.0. The van der Waals surface area contributed by atoms with Crippen LogP contribution in [0.25, 0.3) is 0 Å². The third kappa shape index (κ3) is 5.88. The molecule has 3 aromatic carbocycles. The molecule has 0 saturated carbocycles. The zero-order valence-corrected chi connectivity index (χ0v) is 27.6. The smallest absolute Gasteiger partial charge is 0.407 e. The third-order valence-electron chi connectivity index (χ3n) is 9.79. The highest BCUT2D eigenvalue weighted by molar-refractivity contribution is 6.31. The topological polar surface area (TPSA) is 235 Å². The van der Waals surface area contributed by atoms with Crippen LogP contribution in [0.1, 0.15) is 80.8 Å². The van der Waals surface area contributed by atoms with Crippen molar-refractivity contribution >= 4 is 29.1 Å². The molecule has 14 heteroatoms. The molecule has 2 aliphatic carbocycles. The van der Waals surface area contributed by atoms with Crippen LogP contribution in [0.4, 0.5) is 10.5 Å². The average molecular weight is 691 g/mol. The summed E-state index contributed by atoms with van der Waals surface area (Å²) in [6.45, 7) is 3.40. The maximum Gasteiger partial charge on any atom is 0.407 e. The number of fused-ring (bicyclic) bond motifs is 3. The predicted molar refractivity (Wildman–Crippen MR) is 175 cm³/mol. The molecule has 6 rings (SSSR count). The van der Waals surface area contributed by atoms with E-state index in [-0.39, 0.29) is 35.3 Å². The van der Waals surface area contributed by atoms with Gasteiger partial charge in [-0.1, -0.05) is 30.3 Å².